The van der Waals surface area contributed by atoms with Gasteiger partial charge in [-0.05, 0) is 35.2 Å². The lowest BCUT2D eigenvalue weighted by atomic mass is 9.86. The van der Waals surface area contributed by atoms with Crippen LogP contribution in [0.3, 0.4) is 0 Å². The van der Waals surface area contributed by atoms with E-state index in [4.69, 9.17) is 4.42 Å². The molecule has 2 heterocycles. The summed E-state index contributed by atoms with van der Waals surface area (Å²) in [6, 6.07) is 13.2. The summed E-state index contributed by atoms with van der Waals surface area (Å²) in [6.07, 6.45) is 3.14. The molecule has 0 atom stereocenters. The van der Waals surface area contributed by atoms with Gasteiger partial charge >= 0.3 is 0 Å². The fraction of sp³-hybridized carbons (Fsp3) is 0.250. The number of hydrogen-bond acceptors (Lipinski definition) is 5. The Bertz CT molecular complexity index is 883. The van der Waals surface area contributed by atoms with Crippen LogP contribution in [0, 0.1) is 0 Å². The molecule has 0 saturated heterocycles. The van der Waals surface area contributed by atoms with Crippen molar-refractivity contribution in [1.82, 2.24) is 15.3 Å². The average Bonchev–Trinajstić information content (AvgIpc) is 3.13. The first kappa shape index (κ1) is 17.7. The van der Waals surface area contributed by atoms with Gasteiger partial charge in [-0.25, -0.2) is 9.97 Å². The molecule has 0 fully saturated rings. The summed E-state index contributed by atoms with van der Waals surface area (Å²) >= 11 is 0. The highest BCUT2D eigenvalue weighted by molar-refractivity contribution is 5.92. The molecular formula is C20H22N4O2. The molecule has 3 rings (SSSR count). The van der Waals surface area contributed by atoms with Gasteiger partial charge in [-0.15, -0.1) is 0 Å². The van der Waals surface area contributed by atoms with Crippen molar-refractivity contribution in [2.75, 3.05) is 5.32 Å². The Balaban J connectivity index is 1.75. The predicted molar refractivity (Wildman–Crippen MR) is 100 cm³/mol. The number of aromatic nitrogens is 2. The fourth-order valence-electron chi connectivity index (χ4n) is 2.58. The Kier molecular flexibility index (Phi) is 5.02. The lowest BCUT2D eigenvalue weighted by molar-refractivity contribution is 0.0943. The van der Waals surface area contributed by atoms with Crippen molar-refractivity contribution in [2.24, 2.45) is 0 Å². The molecule has 0 unspecified atom stereocenters. The van der Waals surface area contributed by atoms with E-state index in [0.29, 0.717) is 23.9 Å². The normalized spacial score (nSPS) is 11.2. The van der Waals surface area contributed by atoms with Gasteiger partial charge in [-0.2, -0.15) is 0 Å². The van der Waals surface area contributed by atoms with Gasteiger partial charge in [-0.3, -0.25) is 4.79 Å². The zero-order valence-electron chi connectivity index (χ0n) is 15.1. The highest BCUT2D eigenvalue weighted by Gasteiger charge is 2.18. The number of carbonyl (C=O) groups excluding carboxylic acids is 1. The Morgan fingerprint density at radius 2 is 1.92 bits per heavy atom. The summed E-state index contributed by atoms with van der Waals surface area (Å²) in [5, 5.41) is 6.00. The topological polar surface area (TPSA) is 80.0 Å². The number of anilines is 2. The van der Waals surface area contributed by atoms with Crippen LogP contribution in [0.5, 0.6) is 0 Å². The van der Waals surface area contributed by atoms with Crippen LogP contribution in [-0.4, -0.2) is 15.9 Å². The average molecular weight is 350 g/mol. The molecule has 0 bridgehead atoms. The maximum Gasteiger partial charge on any atom is 0.270 e. The van der Waals surface area contributed by atoms with Gasteiger partial charge < -0.3 is 15.1 Å². The third-order valence-electron chi connectivity index (χ3n) is 3.87. The van der Waals surface area contributed by atoms with Crippen LogP contribution >= 0.6 is 0 Å². The summed E-state index contributed by atoms with van der Waals surface area (Å²) < 4.78 is 5.21. The van der Waals surface area contributed by atoms with Crippen molar-refractivity contribution in [1.29, 1.82) is 0 Å². The molecule has 3 aromatic rings. The molecule has 1 aromatic carbocycles. The van der Waals surface area contributed by atoms with Crippen molar-refractivity contribution in [2.45, 2.75) is 32.7 Å². The molecule has 0 aliphatic rings. The molecule has 0 radical (unpaired) electrons. The Morgan fingerprint density at radius 3 is 2.65 bits per heavy atom. The minimum absolute atomic E-state index is 0.0262. The zero-order valence-corrected chi connectivity index (χ0v) is 15.1. The summed E-state index contributed by atoms with van der Waals surface area (Å²) in [6.45, 7) is 6.75. The van der Waals surface area contributed by atoms with E-state index in [1.807, 2.05) is 18.2 Å². The van der Waals surface area contributed by atoms with Gasteiger partial charge in [0.2, 0.25) is 5.95 Å². The molecule has 6 nitrogen and oxygen atoms in total. The number of para-hydroxylation sites is 1. The second-order valence-electron chi connectivity index (χ2n) is 6.95. The van der Waals surface area contributed by atoms with Gasteiger partial charge in [-0.1, -0.05) is 39.0 Å². The number of furan rings is 1. The number of nitrogens with zero attached hydrogens (tertiary/aromatic N) is 2. The van der Waals surface area contributed by atoms with E-state index < -0.39 is 0 Å². The summed E-state index contributed by atoms with van der Waals surface area (Å²) in [4.78, 5) is 20.9. The monoisotopic (exact) mass is 350 g/mol. The van der Waals surface area contributed by atoms with Crippen LogP contribution in [-0.2, 0) is 12.0 Å². The van der Waals surface area contributed by atoms with Gasteiger partial charge in [0, 0.05) is 11.9 Å². The molecular weight excluding hydrogens is 328 g/mol. The first-order valence-corrected chi connectivity index (χ1v) is 8.43. The van der Waals surface area contributed by atoms with Crippen LogP contribution in [0.4, 0.5) is 11.6 Å². The van der Waals surface area contributed by atoms with Crippen molar-refractivity contribution in [3.05, 3.63) is 71.9 Å². The molecule has 0 spiro atoms. The van der Waals surface area contributed by atoms with Crippen LogP contribution in [0.2, 0.25) is 0 Å². The van der Waals surface area contributed by atoms with Gasteiger partial charge in [0.05, 0.1) is 12.8 Å². The van der Waals surface area contributed by atoms with E-state index in [-0.39, 0.29) is 11.3 Å². The number of rotatable bonds is 5. The summed E-state index contributed by atoms with van der Waals surface area (Å²) in [7, 11) is 0. The van der Waals surface area contributed by atoms with E-state index in [0.717, 1.165) is 11.3 Å². The van der Waals surface area contributed by atoms with Gasteiger partial charge in [0.15, 0.2) is 0 Å². The lowest BCUT2D eigenvalue weighted by Crippen LogP contribution is -2.24. The van der Waals surface area contributed by atoms with Crippen molar-refractivity contribution >= 4 is 17.5 Å². The summed E-state index contributed by atoms with van der Waals surface area (Å²) in [5.41, 5.74) is 2.34. The van der Waals surface area contributed by atoms with E-state index >= 15 is 0 Å². The molecule has 2 aromatic heterocycles. The minimum atomic E-state index is -0.282. The third kappa shape index (κ3) is 4.27. The molecule has 0 aliphatic heterocycles. The second-order valence-corrected chi connectivity index (χ2v) is 6.95. The van der Waals surface area contributed by atoms with Crippen LogP contribution < -0.4 is 10.6 Å². The lowest BCUT2D eigenvalue weighted by Gasteiger charge is -2.23. The number of carbonyl (C=O) groups is 1. The smallest absolute Gasteiger partial charge is 0.270 e. The minimum Gasteiger partial charge on any atom is -0.467 e. The first-order valence-electron chi connectivity index (χ1n) is 8.43. The quantitative estimate of drug-likeness (QED) is 0.726. The molecule has 0 saturated carbocycles. The van der Waals surface area contributed by atoms with Gasteiger partial charge in [0.25, 0.3) is 5.91 Å². The Morgan fingerprint density at radius 1 is 1.12 bits per heavy atom. The van der Waals surface area contributed by atoms with E-state index in [1.54, 1.807) is 30.7 Å². The number of benzene rings is 1. The zero-order chi connectivity index (χ0) is 18.6. The first-order chi connectivity index (χ1) is 12.4. The van der Waals surface area contributed by atoms with Crippen molar-refractivity contribution < 1.29 is 9.21 Å². The number of hydrogen-bond donors (Lipinski definition) is 2. The highest BCUT2D eigenvalue weighted by Crippen LogP contribution is 2.30. The van der Waals surface area contributed by atoms with Crippen LogP contribution in [0.1, 0.15) is 42.6 Å². The summed E-state index contributed by atoms with van der Waals surface area (Å²) in [5.74, 6) is 0.785. The largest absolute Gasteiger partial charge is 0.467 e. The standard InChI is InChI=1S/C20H22N4O2/c1-20(2,3)15-8-4-5-9-16(15)23-19-21-11-10-17(24-19)18(25)22-13-14-7-6-12-26-14/h4-12H,13H2,1-3H3,(H,22,25)(H,21,23,24). The fourth-order valence-corrected chi connectivity index (χ4v) is 2.58. The molecule has 2 N–H and O–H groups in total. The maximum atomic E-state index is 12.3. The SMILES string of the molecule is CC(C)(C)c1ccccc1Nc1nccc(C(=O)NCc2ccco2)n1. The molecule has 1 amide bonds. The van der Waals surface area contributed by atoms with Gasteiger partial charge in [0.1, 0.15) is 11.5 Å². The molecule has 6 heteroatoms. The predicted octanol–water partition coefficient (Wildman–Crippen LogP) is 4.04. The van der Waals surface area contributed by atoms with E-state index in [1.165, 1.54) is 0 Å². The van der Waals surface area contributed by atoms with Crippen molar-refractivity contribution in [3.63, 3.8) is 0 Å². The maximum absolute atomic E-state index is 12.3. The van der Waals surface area contributed by atoms with Crippen LogP contribution in [0.25, 0.3) is 0 Å². The van der Waals surface area contributed by atoms with E-state index in [2.05, 4.69) is 47.4 Å². The number of amides is 1. The molecule has 26 heavy (non-hydrogen) atoms. The van der Waals surface area contributed by atoms with Crippen LogP contribution in [0.15, 0.2) is 59.3 Å². The second kappa shape index (κ2) is 7.39. The Hall–Kier alpha value is -3.15. The van der Waals surface area contributed by atoms with Crippen molar-refractivity contribution in [3.8, 4) is 0 Å². The highest BCUT2D eigenvalue weighted by atomic mass is 16.3. The molecule has 0 aliphatic carbocycles. The third-order valence-corrected chi connectivity index (χ3v) is 3.87. The Labute approximate surface area is 152 Å². The molecule has 134 valence electrons. The number of nitrogens with one attached hydrogen (secondary N) is 2. The van der Waals surface area contributed by atoms with E-state index in [9.17, 15) is 4.79 Å².